The summed E-state index contributed by atoms with van der Waals surface area (Å²) in [7, 11) is 5.08. The quantitative estimate of drug-likeness (QED) is 0.543. The second-order valence-electron chi connectivity index (χ2n) is 8.70. The number of fused-ring (bicyclic) bond motifs is 1. The topological polar surface area (TPSA) is 85.7 Å². The molecule has 2 amide bonds. The van der Waals surface area contributed by atoms with E-state index in [2.05, 4.69) is 5.32 Å². The number of hydrogen-bond acceptors (Lipinski definition) is 6. The molecule has 0 radical (unpaired) electrons. The van der Waals surface area contributed by atoms with Crippen molar-refractivity contribution < 1.29 is 19.1 Å². The molecule has 8 nitrogen and oxygen atoms in total. The van der Waals surface area contributed by atoms with Gasteiger partial charge in [-0.2, -0.15) is 5.10 Å². The molecule has 0 saturated heterocycles. The third-order valence-corrected chi connectivity index (χ3v) is 7.49. The van der Waals surface area contributed by atoms with E-state index >= 15 is 0 Å². The second kappa shape index (κ2) is 9.65. The number of benzene rings is 2. The van der Waals surface area contributed by atoms with Gasteiger partial charge in [-0.1, -0.05) is 30.3 Å². The first-order valence-corrected chi connectivity index (χ1v) is 12.6. The van der Waals surface area contributed by atoms with Crippen LogP contribution in [0.1, 0.15) is 29.2 Å². The van der Waals surface area contributed by atoms with Gasteiger partial charge in [0.2, 0.25) is 11.8 Å². The molecule has 1 aliphatic heterocycles. The van der Waals surface area contributed by atoms with Gasteiger partial charge < -0.3 is 14.8 Å². The summed E-state index contributed by atoms with van der Waals surface area (Å²) in [5, 5.41) is 7.59. The van der Waals surface area contributed by atoms with Crippen molar-refractivity contribution in [2.75, 3.05) is 31.4 Å². The van der Waals surface area contributed by atoms with Gasteiger partial charge >= 0.3 is 0 Å². The van der Waals surface area contributed by atoms with E-state index in [0.29, 0.717) is 17.3 Å². The summed E-state index contributed by atoms with van der Waals surface area (Å²) in [5.41, 5.74) is 3.47. The van der Waals surface area contributed by atoms with E-state index in [9.17, 15) is 9.59 Å². The molecule has 182 valence electrons. The Morgan fingerprint density at radius 1 is 1.14 bits per heavy atom. The van der Waals surface area contributed by atoms with Crippen LogP contribution in [0.25, 0.3) is 11.3 Å². The molecule has 1 atom stereocenters. The minimum atomic E-state index is -0.264. The highest BCUT2D eigenvalue weighted by Gasteiger charge is 2.38. The molecule has 1 saturated carbocycles. The van der Waals surface area contributed by atoms with Crippen molar-refractivity contribution in [3.63, 3.8) is 0 Å². The van der Waals surface area contributed by atoms with E-state index < -0.39 is 0 Å². The molecule has 2 aromatic carbocycles. The molecule has 9 heteroatoms. The van der Waals surface area contributed by atoms with Gasteiger partial charge in [0.15, 0.2) is 0 Å². The lowest BCUT2D eigenvalue weighted by atomic mass is 9.98. The molecule has 3 aromatic rings. The smallest absolute Gasteiger partial charge is 0.240 e. The highest BCUT2D eigenvalue weighted by molar-refractivity contribution is 8.00. The number of carbonyl (C=O) groups excluding carboxylic acids is 2. The van der Waals surface area contributed by atoms with Crippen LogP contribution < -0.4 is 19.7 Å². The van der Waals surface area contributed by atoms with Crippen molar-refractivity contribution in [2.24, 2.45) is 7.05 Å². The zero-order valence-electron chi connectivity index (χ0n) is 20.0. The van der Waals surface area contributed by atoms with Crippen molar-refractivity contribution >= 4 is 29.4 Å². The number of aromatic nitrogens is 2. The van der Waals surface area contributed by atoms with Crippen LogP contribution in [0.2, 0.25) is 0 Å². The number of carbonyl (C=O) groups is 2. The number of thioether (sulfide) groups is 1. The molecule has 2 heterocycles. The Labute approximate surface area is 208 Å². The van der Waals surface area contributed by atoms with Crippen molar-refractivity contribution in [2.45, 2.75) is 24.1 Å². The largest absolute Gasteiger partial charge is 0.497 e. The maximum atomic E-state index is 13.4. The minimum Gasteiger partial charge on any atom is -0.497 e. The summed E-state index contributed by atoms with van der Waals surface area (Å²) in [4.78, 5) is 27.7. The van der Waals surface area contributed by atoms with Crippen LogP contribution in [-0.4, -0.2) is 54.2 Å². The Bertz CT molecular complexity index is 1260. The van der Waals surface area contributed by atoms with Crippen LogP contribution in [0, 0.1) is 0 Å². The summed E-state index contributed by atoms with van der Waals surface area (Å²) in [5.74, 6) is 1.95. The number of amides is 2. The van der Waals surface area contributed by atoms with Crippen LogP contribution in [0.3, 0.4) is 0 Å². The number of anilines is 1. The van der Waals surface area contributed by atoms with Gasteiger partial charge in [0.1, 0.15) is 23.9 Å². The van der Waals surface area contributed by atoms with Crippen molar-refractivity contribution in [1.29, 1.82) is 0 Å². The van der Waals surface area contributed by atoms with Crippen molar-refractivity contribution in [1.82, 2.24) is 15.1 Å². The highest BCUT2D eigenvalue weighted by atomic mass is 32.2. The van der Waals surface area contributed by atoms with Gasteiger partial charge in [-0.05, 0) is 31.0 Å². The molecule has 1 fully saturated rings. The zero-order valence-corrected chi connectivity index (χ0v) is 20.8. The van der Waals surface area contributed by atoms with Gasteiger partial charge in [0.25, 0.3) is 0 Å². The fourth-order valence-electron chi connectivity index (χ4n) is 4.43. The molecule has 1 N–H and O–H groups in total. The van der Waals surface area contributed by atoms with E-state index in [4.69, 9.17) is 14.6 Å². The van der Waals surface area contributed by atoms with Crippen LogP contribution in [-0.2, 0) is 16.6 Å². The van der Waals surface area contributed by atoms with Gasteiger partial charge in [-0.25, -0.2) is 0 Å². The molecule has 1 aliphatic carbocycles. The monoisotopic (exact) mass is 492 g/mol. The zero-order chi connectivity index (χ0) is 24.5. The molecule has 0 spiro atoms. The Balaban J connectivity index is 1.69. The molecule has 0 bridgehead atoms. The Morgan fingerprint density at radius 3 is 2.60 bits per heavy atom. The first kappa shape index (κ1) is 23.3. The first-order chi connectivity index (χ1) is 17.0. The second-order valence-corrected chi connectivity index (χ2v) is 9.79. The van der Waals surface area contributed by atoms with Crippen LogP contribution >= 0.6 is 11.8 Å². The van der Waals surface area contributed by atoms with E-state index in [1.165, 1.54) is 11.8 Å². The first-order valence-electron chi connectivity index (χ1n) is 11.6. The predicted octanol–water partition coefficient (Wildman–Crippen LogP) is 3.55. The summed E-state index contributed by atoms with van der Waals surface area (Å²) >= 11 is 1.50. The minimum absolute atomic E-state index is 0.0430. The van der Waals surface area contributed by atoms with Crippen LogP contribution in [0.5, 0.6) is 11.5 Å². The lowest BCUT2D eigenvalue weighted by Crippen LogP contribution is -2.43. The SMILES string of the molecule is COc1ccc(OC)c([C@@H]2SCC(=O)N(CC(=O)NC3CC3)c3c2c(-c2ccccc2)nn3C)c1. The van der Waals surface area contributed by atoms with E-state index in [1.807, 2.05) is 55.6 Å². The van der Waals surface area contributed by atoms with Crippen LogP contribution in [0.15, 0.2) is 48.5 Å². The van der Waals surface area contributed by atoms with Crippen molar-refractivity contribution in [3.8, 4) is 22.8 Å². The molecule has 0 unspecified atom stereocenters. The Hall–Kier alpha value is -3.46. The van der Waals surface area contributed by atoms with E-state index in [0.717, 1.165) is 35.2 Å². The van der Waals surface area contributed by atoms with Gasteiger partial charge in [0, 0.05) is 29.8 Å². The summed E-state index contributed by atoms with van der Waals surface area (Å²) < 4.78 is 12.9. The number of hydrogen-bond donors (Lipinski definition) is 1. The third-order valence-electron chi connectivity index (χ3n) is 6.26. The Morgan fingerprint density at radius 2 is 1.91 bits per heavy atom. The number of rotatable bonds is 7. The van der Waals surface area contributed by atoms with Gasteiger partial charge in [0.05, 0.1) is 30.9 Å². The third kappa shape index (κ3) is 4.60. The predicted molar refractivity (Wildman–Crippen MR) is 136 cm³/mol. The fraction of sp³-hybridized carbons (Fsp3) is 0.346. The van der Waals surface area contributed by atoms with Crippen molar-refractivity contribution in [3.05, 3.63) is 59.7 Å². The molecule has 5 rings (SSSR count). The average molecular weight is 493 g/mol. The Kier molecular flexibility index (Phi) is 6.42. The maximum absolute atomic E-state index is 13.4. The van der Waals surface area contributed by atoms with Crippen LogP contribution in [0.4, 0.5) is 5.82 Å². The highest BCUT2D eigenvalue weighted by Crippen LogP contribution is 2.50. The summed E-state index contributed by atoms with van der Waals surface area (Å²) in [6, 6.07) is 15.8. The summed E-state index contributed by atoms with van der Waals surface area (Å²) in [6.07, 6.45) is 1.98. The number of methoxy groups -OCH3 is 2. The summed E-state index contributed by atoms with van der Waals surface area (Å²) in [6.45, 7) is -0.0430. The number of nitrogens with one attached hydrogen (secondary N) is 1. The molecular formula is C26H28N4O4S. The lowest BCUT2D eigenvalue weighted by Gasteiger charge is -2.23. The molecule has 1 aromatic heterocycles. The molecule has 35 heavy (non-hydrogen) atoms. The standard InChI is InChI=1S/C26H28N4O4S/c1-29-26-23(24(28-29)16-7-5-4-6-8-16)25(19-13-18(33-2)11-12-20(19)34-3)35-15-22(32)30(26)14-21(31)27-17-9-10-17/h4-8,11-13,17,25H,9-10,14-15H2,1-3H3,(H,27,31)/t25-/m0/s1. The maximum Gasteiger partial charge on any atom is 0.240 e. The number of aryl methyl sites for hydroxylation is 1. The van der Waals surface area contributed by atoms with E-state index in [-0.39, 0.29) is 35.4 Å². The molecule has 2 aliphatic rings. The average Bonchev–Trinajstić information content (AvgIpc) is 3.64. The van der Waals surface area contributed by atoms with Gasteiger partial charge in [-0.3, -0.25) is 19.2 Å². The normalized spacial score (nSPS) is 17.5. The lowest BCUT2D eigenvalue weighted by molar-refractivity contribution is -0.123. The fourth-order valence-corrected chi connectivity index (χ4v) is 5.65. The number of ether oxygens (including phenoxy) is 2. The van der Waals surface area contributed by atoms with Gasteiger partial charge in [-0.15, -0.1) is 11.8 Å². The molecular weight excluding hydrogens is 464 g/mol. The van der Waals surface area contributed by atoms with E-state index in [1.54, 1.807) is 23.8 Å². The number of nitrogens with zero attached hydrogens (tertiary/aromatic N) is 3.